The fraction of sp³-hybridized carbons (Fsp3) is 0.444. The zero-order valence-corrected chi connectivity index (χ0v) is 16.3. The monoisotopic (exact) mass is 392 g/mol. The zero-order chi connectivity index (χ0) is 19.8. The number of nitro groups is 1. The molecule has 1 aromatic carbocycles. The van der Waals surface area contributed by atoms with Crippen LogP contribution in [0.1, 0.15) is 44.7 Å². The molecule has 8 nitrogen and oxygen atoms in total. The molecule has 0 saturated heterocycles. The lowest BCUT2D eigenvalue weighted by atomic mass is 9.97. The van der Waals surface area contributed by atoms with Crippen LogP contribution >= 0.6 is 11.8 Å². The van der Waals surface area contributed by atoms with Crippen molar-refractivity contribution in [2.24, 2.45) is 10.7 Å². The van der Waals surface area contributed by atoms with Gasteiger partial charge in [-0.15, -0.1) is 0 Å². The van der Waals surface area contributed by atoms with Gasteiger partial charge in [-0.3, -0.25) is 10.1 Å². The molecule has 0 radical (unpaired) electrons. The number of unbranched alkanes of at least 4 members (excludes halogenated alkanes) is 2. The number of benzene rings is 1. The number of nitrogens with one attached hydrogen (secondary N) is 1. The maximum absolute atomic E-state index is 12.4. The predicted molar refractivity (Wildman–Crippen MR) is 106 cm³/mol. The number of aliphatic imine (C=N–C) groups is 1. The van der Waals surface area contributed by atoms with E-state index in [1.165, 1.54) is 23.9 Å². The highest BCUT2D eigenvalue weighted by atomic mass is 32.2. The standard InChI is InChI=1S/C18H24N4O4S/c1-3-5-6-10-27-18-20-15(12-8-7-9-13(11-12)22(24)25)14(16(19)21-18)17(23)26-4-2/h7-9,11,15H,3-6,10,19H2,1-2H3,(H,20,21). The van der Waals surface area contributed by atoms with Gasteiger partial charge in [0.05, 0.1) is 11.5 Å². The van der Waals surface area contributed by atoms with Crippen molar-refractivity contribution in [2.45, 2.75) is 39.2 Å². The molecule has 1 aliphatic rings. The molecule has 27 heavy (non-hydrogen) atoms. The molecule has 1 aliphatic heterocycles. The Morgan fingerprint density at radius 3 is 2.85 bits per heavy atom. The minimum Gasteiger partial charge on any atom is -0.462 e. The number of nitrogens with zero attached hydrogens (tertiary/aromatic N) is 2. The highest BCUT2D eigenvalue weighted by Crippen LogP contribution is 2.33. The predicted octanol–water partition coefficient (Wildman–Crippen LogP) is 3.25. The van der Waals surface area contributed by atoms with Gasteiger partial charge < -0.3 is 15.8 Å². The molecule has 0 amide bonds. The van der Waals surface area contributed by atoms with Gasteiger partial charge in [0.1, 0.15) is 17.4 Å². The van der Waals surface area contributed by atoms with E-state index in [2.05, 4.69) is 17.2 Å². The summed E-state index contributed by atoms with van der Waals surface area (Å²) in [4.78, 5) is 27.6. The van der Waals surface area contributed by atoms with Crippen LogP contribution in [-0.4, -0.2) is 28.4 Å². The first-order chi connectivity index (χ1) is 13.0. The Labute approximate surface area is 162 Å². The minimum atomic E-state index is -0.751. The average Bonchev–Trinajstić information content (AvgIpc) is 2.65. The second kappa shape index (κ2) is 9.96. The van der Waals surface area contributed by atoms with Gasteiger partial charge in [-0.2, -0.15) is 0 Å². The summed E-state index contributed by atoms with van der Waals surface area (Å²) < 4.78 is 5.10. The summed E-state index contributed by atoms with van der Waals surface area (Å²) in [6, 6.07) is 5.31. The number of carbonyl (C=O) groups excluding carboxylic acids is 1. The zero-order valence-electron chi connectivity index (χ0n) is 15.4. The lowest BCUT2D eigenvalue weighted by Gasteiger charge is -2.25. The second-order valence-electron chi connectivity index (χ2n) is 5.92. The number of nitrogens with two attached hydrogens (primary N) is 1. The number of ether oxygens (including phenoxy) is 1. The van der Waals surface area contributed by atoms with Crippen LogP contribution in [0.25, 0.3) is 0 Å². The van der Waals surface area contributed by atoms with Crippen molar-refractivity contribution in [3.63, 3.8) is 0 Å². The van der Waals surface area contributed by atoms with Gasteiger partial charge in [-0.1, -0.05) is 43.7 Å². The molecule has 0 saturated carbocycles. The van der Waals surface area contributed by atoms with Crippen LogP contribution < -0.4 is 11.1 Å². The number of nitro benzene ring substituents is 1. The van der Waals surface area contributed by atoms with Crippen LogP contribution in [0.3, 0.4) is 0 Å². The number of thioether (sulfide) groups is 1. The first-order valence-electron chi connectivity index (χ1n) is 8.86. The molecule has 9 heteroatoms. The summed E-state index contributed by atoms with van der Waals surface area (Å²) >= 11 is 1.52. The third kappa shape index (κ3) is 5.46. The van der Waals surface area contributed by atoms with Crippen molar-refractivity contribution >= 4 is 28.6 Å². The van der Waals surface area contributed by atoms with E-state index in [1.807, 2.05) is 0 Å². The smallest absolute Gasteiger partial charge is 0.340 e. The van der Waals surface area contributed by atoms with Crippen molar-refractivity contribution in [3.05, 3.63) is 51.3 Å². The summed E-state index contributed by atoms with van der Waals surface area (Å²) in [7, 11) is 0. The molecule has 2 rings (SSSR count). The fourth-order valence-corrected chi connectivity index (χ4v) is 3.52. The molecule has 146 valence electrons. The Balaban J connectivity index is 2.36. The van der Waals surface area contributed by atoms with Gasteiger partial charge in [-0.25, -0.2) is 9.79 Å². The van der Waals surface area contributed by atoms with E-state index in [4.69, 9.17) is 10.5 Å². The average molecular weight is 392 g/mol. The Morgan fingerprint density at radius 1 is 1.41 bits per heavy atom. The number of esters is 1. The van der Waals surface area contributed by atoms with Crippen LogP contribution in [0.15, 0.2) is 40.7 Å². The normalized spacial score (nSPS) is 16.5. The lowest BCUT2D eigenvalue weighted by molar-refractivity contribution is -0.384. The van der Waals surface area contributed by atoms with Crippen LogP contribution in [0.2, 0.25) is 0 Å². The Hall–Kier alpha value is -2.55. The van der Waals surface area contributed by atoms with Crippen molar-refractivity contribution in [1.82, 2.24) is 5.32 Å². The van der Waals surface area contributed by atoms with Crippen LogP contribution in [-0.2, 0) is 9.53 Å². The molecule has 1 aromatic rings. The molecule has 0 aliphatic carbocycles. The van der Waals surface area contributed by atoms with E-state index in [1.54, 1.807) is 19.1 Å². The number of amidine groups is 1. The van der Waals surface area contributed by atoms with Crippen LogP contribution in [0.4, 0.5) is 5.69 Å². The van der Waals surface area contributed by atoms with Crippen molar-refractivity contribution < 1.29 is 14.5 Å². The largest absolute Gasteiger partial charge is 0.462 e. The number of rotatable bonds is 8. The van der Waals surface area contributed by atoms with Crippen molar-refractivity contribution in [3.8, 4) is 0 Å². The number of hydrogen-bond acceptors (Lipinski definition) is 8. The molecule has 1 unspecified atom stereocenters. The maximum atomic E-state index is 12.4. The second-order valence-corrected chi connectivity index (χ2v) is 7.00. The van der Waals surface area contributed by atoms with E-state index >= 15 is 0 Å². The van der Waals surface area contributed by atoms with Crippen molar-refractivity contribution in [1.29, 1.82) is 0 Å². The van der Waals surface area contributed by atoms with Gasteiger partial charge in [0.15, 0.2) is 5.17 Å². The molecule has 0 bridgehead atoms. The Morgan fingerprint density at radius 2 is 2.19 bits per heavy atom. The van der Waals surface area contributed by atoms with Gasteiger partial charge in [0.25, 0.3) is 5.69 Å². The van der Waals surface area contributed by atoms with Crippen LogP contribution in [0, 0.1) is 10.1 Å². The van der Waals surface area contributed by atoms with E-state index < -0.39 is 16.9 Å². The number of non-ortho nitro benzene ring substituents is 1. The molecular formula is C18H24N4O4S. The molecule has 1 atom stereocenters. The first kappa shape index (κ1) is 20.8. The van der Waals surface area contributed by atoms with Gasteiger partial charge in [0, 0.05) is 17.9 Å². The number of carbonyl (C=O) groups is 1. The van der Waals surface area contributed by atoms with Crippen molar-refractivity contribution in [2.75, 3.05) is 12.4 Å². The lowest BCUT2D eigenvalue weighted by Crippen LogP contribution is -2.35. The SMILES string of the molecule is CCCCCSC1=NC(c2cccc([N+](=O)[O-])c2)C(C(=O)OCC)=C(N)N1. The van der Waals surface area contributed by atoms with Gasteiger partial charge in [0.2, 0.25) is 0 Å². The van der Waals surface area contributed by atoms with E-state index in [-0.39, 0.29) is 23.7 Å². The summed E-state index contributed by atoms with van der Waals surface area (Å²) in [5, 5.41) is 14.7. The Kier molecular flexibility index (Phi) is 7.66. The molecule has 0 aromatic heterocycles. The molecule has 0 spiro atoms. The van der Waals surface area contributed by atoms with Gasteiger partial charge in [-0.05, 0) is 18.9 Å². The van der Waals surface area contributed by atoms with Gasteiger partial charge >= 0.3 is 5.97 Å². The minimum absolute atomic E-state index is 0.0693. The summed E-state index contributed by atoms with van der Waals surface area (Å²) in [6.07, 6.45) is 3.28. The highest BCUT2D eigenvalue weighted by Gasteiger charge is 2.31. The molecule has 0 fully saturated rings. The molecule has 3 N–H and O–H groups in total. The summed E-state index contributed by atoms with van der Waals surface area (Å²) in [6.45, 7) is 4.02. The van der Waals surface area contributed by atoms with E-state index in [0.29, 0.717) is 10.7 Å². The Bertz CT molecular complexity index is 763. The molecule has 1 heterocycles. The fourth-order valence-electron chi connectivity index (χ4n) is 2.62. The quantitative estimate of drug-likeness (QED) is 0.301. The number of hydrogen-bond donors (Lipinski definition) is 2. The topological polar surface area (TPSA) is 120 Å². The molecular weight excluding hydrogens is 368 g/mol. The first-order valence-corrected chi connectivity index (χ1v) is 9.85. The maximum Gasteiger partial charge on any atom is 0.340 e. The van der Waals surface area contributed by atoms with Crippen LogP contribution in [0.5, 0.6) is 0 Å². The highest BCUT2D eigenvalue weighted by molar-refractivity contribution is 8.13. The summed E-state index contributed by atoms with van der Waals surface area (Å²) in [5.74, 6) is 0.444. The third-order valence-electron chi connectivity index (χ3n) is 3.93. The van der Waals surface area contributed by atoms with E-state index in [9.17, 15) is 14.9 Å². The van der Waals surface area contributed by atoms with E-state index in [0.717, 1.165) is 25.0 Å². The third-order valence-corrected chi connectivity index (χ3v) is 4.90. The summed E-state index contributed by atoms with van der Waals surface area (Å²) in [5.41, 5.74) is 6.71.